The van der Waals surface area contributed by atoms with Gasteiger partial charge in [-0.05, 0) is 41.2 Å². The lowest BCUT2D eigenvalue weighted by molar-refractivity contribution is -0.159. The predicted molar refractivity (Wildman–Crippen MR) is 83.8 cm³/mol. The third-order valence-electron chi connectivity index (χ3n) is 4.80. The summed E-state index contributed by atoms with van der Waals surface area (Å²) < 4.78 is 5.73. The summed E-state index contributed by atoms with van der Waals surface area (Å²) in [5, 5.41) is 0. The van der Waals surface area contributed by atoms with Crippen molar-refractivity contribution in [3.63, 3.8) is 0 Å². The second-order valence-corrected chi connectivity index (χ2v) is 7.51. The first kappa shape index (κ1) is 17.5. The average Bonchev–Trinajstić information content (AvgIpc) is 2.31. The summed E-state index contributed by atoms with van der Waals surface area (Å²) in [5.41, 5.74) is 0.157. The number of hydrogen-bond donors (Lipinski definition) is 0. The number of piperidine rings is 1. The maximum absolute atomic E-state index is 11.9. The summed E-state index contributed by atoms with van der Waals surface area (Å²) in [4.78, 5) is 14.4. The summed E-state index contributed by atoms with van der Waals surface area (Å²) in [6, 6.07) is 0. The van der Waals surface area contributed by atoms with Crippen LogP contribution in [0.4, 0.5) is 0 Å². The quantitative estimate of drug-likeness (QED) is 0.542. The van der Waals surface area contributed by atoms with E-state index < -0.39 is 0 Å². The van der Waals surface area contributed by atoms with Crippen molar-refractivity contribution >= 4 is 5.97 Å². The Hall–Kier alpha value is -0.570. The second-order valence-electron chi connectivity index (χ2n) is 7.51. The van der Waals surface area contributed by atoms with Crippen molar-refractivity contribution in [2.75, 3.05) is 7.05 Å². The highest BCUT2D eigenvalue weighted by Crippen LogP contribution is 2.38. The average molecular weight is 283 g/mol. The van der Waals surface area contributed by atoms with Gasteiger partial charge >= 0.3 is 5.97 Å². The molecule has 1 aliphatic rings. The zero-order chi connectivity index (χ0) is 15.4. The molecule has 20 heavy (non-hydrogen) atoms. The molecule has 0 spiro atoms. The van der Waals surface area contributed by atoms with Crippen LogP contribution in [0.1, 0.15) is 79.6 Å². The van der Waals surface area contributed by atoms with Crippen LogP contribution in [-0.4, -0.2) is 35.1 Å². The van der Waals surface area contributed by atoms with Crippen molar-refractivity contribution in [1.82, 2.24) is 4.90 Å². The zero-order valence-corrected chi connectivity index (χ0v) is 14.3. The number of hydrogen-bond acceptors (Lipinski definition) is 3. The third-order valence-corrected chi connectivity index (χ3v) is 4.80. The molecule has 0 N–H and O–H groups in total. The fourth-order valence-electron chi connectivity index (χ4n) is 3.30. The minimum atomic E-state index is -0.0118. The number of carbonyl (C=O) groups is 1. The van der Waals surface area contributed by atoms with E-state index in [1.165, 1.54) is 12.8 Å². The number of likely N-dealkylation sites (tertiary alicyclic amines) is 1. The van der Waals surface area contributed by atoms with E-state index in [4.69, 9.17) is 4.74 Å². The van der Waals surface area contributed by atoms with E-state index in [9.17, 15) is 4.79 Å². The van der Waals surface area contributed by atoms with Gasteiger partial charge in [-0.2, -0.15) is 0 Å². The van der Waals surface area contributed by atoms with E-state index >= 15 is 0 Å². The van der Waals surface area contributed by atoms with Crippen molar-refractivity contribution in [3.05, 3.63) is 0 Å². The lowest BCUT2D eigenvalue weighted by Crippen LogP contribution is -2.60. The third kappa shape index (κ3) is 4.76. The Kier molecular flexibility index (Phi) is 6.06. The first-order chi connectivity index (χ1) is 9.19. The number of nitrogens with zero attached hydrogens (tertiary/aromatic N) is 1. The maximum atomic E-state index is 11.9. The Morgan fingerprint density at radius 2 is 1.65 bits per heavy atom. The molecule has 1 fully saturated rings. The van der Waals surface area contributed by atoms with Crippen molar-refractivity contribution < 1.29 is 9.53 Å². The Morgan fingerprint density at radius 3 is 2.15 bits per heavy atom. The van der Waals surface area contributed by atoms with Gasteiger partial charge in [0, 0.05) is 30.3 Å². The Morgan fingerprint density at radius 1 is 1.10 bits per heavy atom. The number of esters is 1. The molecule has 0 unspecified atom stereocenters. The van der Waals surface area contributed by atoms with Crippen LogP contribution in [0, 0.1) is 0 Å². The molecule has 0 bridgehead atoms. The number of unbranched alkanes of at least 4 members (excludes halogenated alkanes) is 3. The lowest BCUT2D eigenvalue weighted by atomic mass is 9.79. The molecule has 0 radical (unpaired) electrons. The van der Waals surface area contributed by atoms with Crippen LogP contribution < -0.4 is 0 Å². The van der Waals surface area contributed by atoms with Crippen LogP contribution in [0.25, 0.3) is 0 Å². The number of carbonyl (C=O) groups excluding carboxylic acids is 1. The monoisotopic (exact) mass is 283 g/mol. The minimum absolute atomic E-state index is 0.0118. The molecule has 0 saturated carbocycles. The Balaban J connectivity index is 2.46. The topological polar surface area (TPSA) is 29.5 Å². The van der Waals surface area contributed by atoms with Crippen LogP contribution in [0.15, 0.2) is 0 Å². The summed E-state index contributed by atoms with van der Waals surface area (Å²) in [7, 11) is 2.17. The molecule has 1 rings (SSSR count). The van der Waals surface area contributed by atoms with Gasteiger partial charge in [0.25, 0.3) is 0 Å². The summed E-state index contributed by atoms with van der Waals surface area (Å²) >= 11 is 0. The molecule has 0 aromatic heterocycles. The van der Waals surface area contributed by atoms with Gasteiger partial charge in [-0.1, -0.05) is 26.2 Å². The molecule has 3 nitrogen and oxygen atoms in total. The van der Waals surface area contributed by atoms with Gasteiger partial charge in [-0.15, -0.1) is 0 Å². The predicted octanol–water partition coefficient (Wildman–Crippen LogP) is 4.15. The van der Waals surface area contributed by atoms with Crippen LogP contribution in [-0.2, 0) is 9.53 Å². The molecule has 1 saturated heterocycles. The van der Waals surface area contributed by atoms with Gasteiger partial charge in [-0.3, -0.25) is 9.69 Å². The number of ether oxygens (including phenoxy) is 1. The van der Waals surface area contributed by atoms with Crippen molar-refractivity contribution in [2.24, 2.45) is 0 Å². The fraction of sp³-hybridized carbons (Fsp3) is 0.941. The van der Waals surface area contributed by atoms with E-state index in [1.54, 1.807) is 0 Å². The van der Waals surface area contributed by atoms with Gasteiger partial charge < -0.3 is 4.74 Å². The van der Waals surface area contributed by atoms with Gasteiger partial charge in [0.2, 0.25) is 0 Å². The molecule has 0 aromatic rings. The molecule has 0 aliphatic carbocycles. The summed E-state index contributed by atoms with van der Waals surface area (Å²) in [6.45, 7) is 11.1. The molecule has 3 heteroatoms. The van der Waals surface area contributed by atoms with Crippen LogP contribution in [0.2, 0.25) is 0 Å². The molecule has 118 valence electrons. The lowest BCUT2D eigenvalue weighted by Gasteiger charge is -2.53. The SMILES string of the molecule is CCCCCCC(=O)OC1CC(C)(C)N(C)C(C)(C)C1. The van der Waals surface area contributed by atoms with E-state index in [0.29, 0.717) is 6.42 Å². The fourth-order valence-corrected chi connectivity index (χ4v) is 3.30. The first-order valence-electron chi connectivity index (χ1n) is 8.12. The molecular weight excluding hydrogens is 250 g/mol. The summed E-state index contributed by atoms with van der Waals surface area (Å²) in [6.07, 6.45) is 7.00. The van der Waals surface area contributed by atoms with Crippen LogP contribution in [0.5, 0.6) is 0 Å². The van der Waals surface area contributed by atoms with E-state index in [2.05, 4.69) is 46.6 Å². The highest BCUT2D eigenvalue weighted by atomic mass is 16.5. The van der Waals surface area contributed by atoms with E-state index in [0.717, 1.165) is 25.7 Å². The standard InChI is InChI=1S/C17H33NO2/c1-7-8-9-10-11-15(19)20-14-12-16(2,3)18(6)17(4,5)13-14/h14H,7-13H2,1-6H3. The van der Waals surface area contributed by atoms with Crippen molar-refractivity contribution in [3.8, 4) is 0 Å². The molecular formula is C17H33NO2. The molecule has 0 aromatic carbocycles. The highest BCUT2D eigenvalue weighted by molar-refractivity contribution is 5.69. The number of rotatable bonds is 6. The second kappa shape index (κ2) is 6.93. The van der Waals surface area contributed by atoms with Gasteiger partial charge in [0.1, 0.15) is 6.10 Å². The van der Waals surface area contributed by atoms with E-state index in [-0.39, 0.29) is 23.2 Å². The summed E-state index contributed by atoms with van der Waals surface area (Å²) in [5.74, 6) is -0.0118. The molecule has 0 amide bonds. The van der Waals surface area contributed by atoms with Crippen LogP contribution >= 0.6 is 0 Å². The van der Waals surface area contributed by atoms with E-state index in [1.807, 2.05) is 0 Å². The largest absolute Gasteiger partial charge is 0.462 e. The Bertz CT molecular complexity index is 305. The maximum Gasteiger partial charge on any atom is 0.306 e. The van der Waals surface area contributed by atoms with Crippen molar-refractivity contribution in [2.45, 2.75) is 96.7 Å². The van der Waals surface area contributed by atoms with Gasteiger partial charge in [0.15, 0.2) is 0 Å². The Labute approximate surface area is 125 Å². The molecule has 1 heterocycles. The zero-order valence-electron chi connectivity index (χ0n) is 14.3. The smallest absolute Gasteiger partial charge is 0.306 e. The van der Waals surface area contributed by atoms with Crippen LogP contribution in [0.3, 0.4) is 0 Å². The first-order valence-corrected chi connectivity index (χ1v) is 8.12. The molecule has 0 atom stereocenters. The van der Waals surface area contributed by atoms with Gasteiger partial charge in [0.05, 0.1) is 0 Å². The normalized spacial score (nSPS) is 22.7. The van der Waals surface area contributed by atoms with Crippen molar-refractivity contribution in [1.29, 1.82) is 0 Å². The highest BCUT2D eigenvalue weighted by Gasteiger charge is 2.44. The van der Waals surface area contributed by atoms with Gasteiger partial charge in [-0.25, -0.2) is 0 Å². The minimum Gasteiger partial charge on any atom is -0.462 e. The molecule has 1 aliphatic heterocycles.